The predicted octanol–water partition coefficient (Wildman–Crippen LogP) is 19.2. The van der Waals surface area contributed by atoms with E-state index in [1.807, 2.05) is 6.08 Å². The number of unbranched alkanes of at least 4 members (excludes halogenated alkanes) is 42. The number of aliphatic hydroxyl groups is 2. The standard InChI is InChI=1S/C63H119NO5/c1-3-5-7-9-11-13-15-17-18-19-26-29-33-37-41-45-49-53-57-63(68)69-58-54-50-46-42-38-34-30-27-24-22-20-21-23-25-28-32-36-40-44-48-52-56-62(67)64-60(59-65)61(66)55-51-47-43-39-35-31-16-14-12-10-8-6-4-2/h18-19,21,23,51,55,60-61,65-66H,3-17,20,22,24-50,52-54,56-59H2,1-2H3,(H,64,67)/b19-18-,23-21-,55-51+. The molecule has 0 bridgehead atoms. The zero-order valence-electron chi connectivity index (χ0n) is 46.3. The third kappa shape index (κ3) is 55.2. The molecule has 69 heavy (non-hydrogen) atoms. The van der Waals surface area contributed by atoms with E-state index < -0.39 is 12.1 Å². The minimum absolute atomic E-state index is 0.00461. The molecule has 3 N–H and O–H groups in total. The van der Waals surface area contributed by atoms with E-state index in [2.05, 4.69) is 43.5 Å². The van der Waals surface area contributed by atoms with Crippen LogP contribution in [0.5, 0.6) is 0 Å². The Morgan fingerprint density at radius 2 is 0.681 bits per heavy atom. The third-order valence-electron chi connectivity index (χ3n) is 14.1. The van der Waals surface area contributed by atoms with Crippen LogP contribution in [0, 0.1) is 0 Å². The number of ether oxygens (including phenoxy) is 1. The van der Waals surface area contributed by atoms with E-state index in [0.717, 1.165) is 51.4 Å². The van der Waals surface area contributed by atoms with Gasteiger partial charge in [0, 0.05) is 12.8 Å². The van der Waals surface area contributed by atoms with Crippen LogP contribution >= 0.6 is 0 Å². The maximum absolute atomic E-state index is 12.4. The topological polar surface area (TPSA) is 95.9 Å². The average Bonchev–Trinajstić information content (AvgIpc) is 3.35. The highest BCUT2D eigenvalue weighted by molar-refractivity contribution is 5.76. The second-order valence-corrected chi connectivity index (χ2v) is 21.0. The molecule has 6 nitrogen and oxygen atoms in total. The Kier molecular flexibility index (Phi) is 57.0. The highest BCUT2D eigenvalue weighted by Crippen LogP contribution is 2.16. The van der Waals surface area contributed by atoms with Gasteiger partial charge >= 0.3 is 5.97 Å². The summed E-state index contributed by atoms with van der Waals surface area (Å²) in [5.41, 5.74) is 0. The van der Waals surface area contributed by atoms with Gasteiger partial charge in [0.25, 0.3) is 0 Å². The Morgan fingerprint density at radius 3 is 1.03 bits per heavy atom. The molecule has 2 atom stereocenters. The molecule has 0 radical (unpaired) electrons. The summed E-state index contributed by atoms with van der Waals surface area (Å²) in [5, 5.41) is 23.1. The van der Waals surface area contributed by atoms with Gasteiger partial charge in [-0.2, -0.15) is 0 Å². The molecule has 0 aromatic heterocycles. The highest BCUT2D eigenvalue weighted by atomic mass is 16.5. The Bertz CT molecular complexity index is 1120. The first-order chi connectivity index (χ1) is 34.0. The lowest BCUT2D eigenvalue weighted by atomic mass is 10.0. The van der Waals surface area contributed by atoms with Crippen LogP contribution in [0.2, 0.25) is 0 Å². The van der Waals surface area contributed by atoms with E-state index >= 15 is 0 Å². The van der Waals surface area contributed by atoms with Crippen molar-refractivity contribution in [2.45, 2.75) is 341 Å². The molecule has 0 aromatic rings. The van der Waals surface area contributed by atoms with Crippen molar-refractivity contribution < 1.29 is 24.5 Å². The molecular formula is C63H119NO5. The summed E-state index contributed by atoms with van der Waals surface area (Å²) >= 11 is 0. The predicted molar refractivity (Wildman–Crippen MR) is 301 cm³/mol. The van der Waals surface area contributed by atoms with Crippen LogP contribution < -0.4 is 5.32 Å². The number of nitrogens with one attached hydrogen (secondary N) is 1. The molecule has 0 saturated carbocycles. The Labute approximate surface area is 430 Å². The van der Waals surface area contributed by atoms with E-state index in [-0.39, 0.29) is 18.5 Å². The van der Waals surface area contributed by atoms with Crippen molar-refractivity contribution in [3.63, 3.8) is 0 Å². The van der Waals surface area contributed by atoms with E-state index in [9.17, 15) is 19.8 Å². The molecule has 0 aliphatic heterocycles. The Morgan fingerprint density at radius 1 is 0.391 bits per heavy atom. The van der Waals surface area contributed by atoms with Gasteiger partial charge in [0.05, 0.1) is 25.4 Å². The van der Waals surface area contributed by atoms with Gasteiger partial charge in [0.1, 0.15) is 0 Å². The average molecular weight is 971 g/mol. The maximum atomic E-state index is 12.4. The monoisotopic (exact) mass is 970 g/mol. The molecule has 6 heteroatoms. The highest BCUT2D eigenvalue weighted by Gasteiger charge is 2.18. The Hall–Kier alpha value is -1.92. The summed E-state index contributed by atoms with van der Waals surface area (Å²) in [4.78, 5) is 24.5. The van der Waals surface area contributed by atoms with Crippen molar-refractivity contribution >= 4 is 11.9 Å². The molecule has 0 aliphatic carbocycles. The van der Waals surface area contributed by atoms with Gasteiger partial charge in [0.2, 0.25) is 5.91 Å². The van der Waals surface area contributed by atoms with Crippen molar-refractivity contribution in [1.29, 1.82) is 0 Å². The fourth-order valence-electron chi connectivity index (χ4n) is 9.39. The van der Waals surface area contributed by atoms with Crippen LogP contribution in [0.25, 0.3) is 0 Å². The van der Waals surface area contributed by atoms with Gasteiger partial charge < -0.3 is 20.3 Å². The SMILES string of the molecule is CCCCCCCCC/C=C\CCCCCCCCCC(=O)OCCCCCCCCCCCC/C=C\CCCCCCCCCC(=O)NC(CO)C(O)/C=C/CCCCCCCCCCCCC. The summed E-state index contributed by atoms with van der Waals surface area (Å²) in [6.45, 7) is 4.90. The molecule has 0 heterocycles. The number of aliphatic hydroxyl groups excluding tert-OH is 2. The molecule has 0 aromatic carbocycles. The molecule has 0 aliphatic rings. The lowest BCUT2D eigenvalue weighted by molar-refractivity contribution is -0.143. The zero-order valence-corrected chi connectivity index (χ0v) is 46.3. The van der Waals surface area contributed by atoms with Crippen LogP contribution in [-0.2, 0) is 14.3 Å². The molecule has 2 unspecified atom stereocenters. The summed E-state index contributed by atoms with van der Waals surface area (Å²) in [5.74, 6) is -0.0711. The minimum atomic E-state index is -0.849. The lowest BCUT2D eigenvalue weighted by Crippen LogP contribution is -2.45. The third-order valence-corrected chi connectivity index (χ3v) is 14.1. The Balaban J connectivity index is 3.42. The first-order valence-electron chi connectivity index (χ1n) is 30.8. The van der Waals surface area contributed by atoms with Gasteiger partial charge in [-0.1, -0.05) is 269 Å². The second-order valence-electron chi connectivity index (χ2n) is 21.0. The van der Waals surface area contributed by atoms with Gasteiger partial charge in [-0.05, 0) is 83.5 Å². The van der Waals surface area contributed by atoms with Crippen LogP contribution in [0.1, 0.15) is 328 Å². The van der Waals surface area contributed by atoms with Gasteiger partial charge in [-0.3, -0.25) is 9.59 Å². The fraction of sp³-hybridized carbons (Fsp3) is 0.873. The smallest absolute Gasteiger partial charge is 0.305 e. The molecule has 406 valence electrons. The summed E-state index contributed by atoms with van der Waals surface area (Å²) in [6.07, 6.45) is 73.2. The van der Waals surface area contributed by atoms with Crippen molar-refractivity contribution in [3.8, 4) is 0 Å². The number of allylic oxidation sites excluding steroid dienone is 5. The molecular weight excluding hydrogens is 851 g/mol. The van der Waals surface area contributed by atoms with E-state index in [4.69, 9.17) is 4.74 Å². The van der Waals surface area contributed by atoms with E-state index in [1.54, 1.807) is 6.08 Å². The number of rotatable bonds is 57. The van der Waals surface area contributed by atoms with Gasteiger partial charge in [0.15, 0.2) is 0 Å². The van der Waals surface area contributed by atoms with Crippen molar-refractivity contribution in [2.24, 2.45) is 0 Å². The summed E-state index contributed by atoms with van der Waals surface area (Å²) in [6, 6.07) is -0.633. The van der Waals surface area contributed by atoms with E-state index in [0.29, 0.717) is 19.4 Å². The summed E-state index contributed by atoms with van der Waals surface area (Å²) in [7, 11) is 0. The van der Waals surface area contributed by atoms with Gasteiger partial charge in [-0.25, -0.2) is 0 Å². The van der Waals surface area contributed by atoms with Crippen LogP contribution in [0.15, 0.2) is 36.5 Å². The number of hydrogen-bond acceptors (Lipinski definition) is 5. The first kappa shape index (κ1) is 67.1. The van der Waals surface area contributed by atoms with Crippen molar-refractivity contribution in [3.05, 3.63) is 36.5 Å². The number of carbonyl (C=O) groups excluding carboxylic acids is 2. The first-order valence-corrected chi connectivity index (χ1v) is 30.8. The minimum Gasteiger partial charge on any atom is -0.466 e. The number of hydrogen-bond donors (Lipinski definition) is 3. The maximum Gasteiger partial charge on any atom is 0.305 e. The molecule has 0 spiro atoms. The number of esters is 1. The number of amides is 1. The van der Waals surface area contributed by atoms with E-state index in [1.165, 1.54) is 250 Å². The normalized spacial score (nSPS) is 12.8. The fourth-order valence-corrected chi connectivity index (χ4v) is 9.39. The lowest BCUT2D eigenvalue weighted by Gasteiger charge is -2.20. The van der Waals surface area contributed by atoms with Gasteiger partial charge in [-0.15, -0.1) is 0 Å². The van der Waals surface area contributed by atoms with Crippen molar-refractivity contribution in [2.75, 3.05) is 13.2 Å². The molecule has 0 rings (SSSR count). The van der Waals surface area contributed by atoms with Crippen LogP contribution in [0.3, 0.4) is 0 Å². The largest absolute Gasteiger partial charge is 0.466 e. The quantitative estimate of drug-likeness (QED) is 0.0321. The molecule has 0 fully saturated rings. The van der Waals surface area contributed by atoms with Crippen molar-refractivity contribution in [1.82, 2.24) is 5.32 Å². The second kappa shape index (κ2) is 58.6. The molecule has 0 saturated heterocycles. The van der Waals surface area contributed by atoms with Crippen LogP contribution in [0.4, 0.5) is 0 Å². The van der Waals surface area contributed by atoms with Crippen LogP contribution in [-0.4, -0.2) is 47.4 Å². The number of carbonyl (C=O) groups is 2. The zero-order chi connectivity index (χ0) is 50.0. The summed E-state index contributed by atoms with van der Waals surface area (Å²) < 4.78 is 5.49. The molecule has 1 amide bonds.